The fourth-order valence-corrected chi connectivity index (χ4v) is 2.57. The van der Waals surface area contributed by atoms with Crippen molar-refractivity contribution in [2.75, 3.05) is 6.54 Å². The van der Waals surface area contributed by atoms with Crippen molar-refractivity contribution in [3.8, 4) is 5.75 Å². The van der Waals surface area contributed by atoms with Crippen LogP contribution in [0.1, 0.15) is 54.0 Å². The molecule has 160 valence electrons. The van der Waals surface area contributed by atoms with Gasteiger partial charge in [0.15, 0.2) is 17.4 Å². The van der Waals surface area contributed by atoms with Crippen LogP contribution >= 0.6 is 0 Å². The predicted molar refractivity (Wildman–Crippen MR) is 106 cm³/mol. The maximum atomic E-state index is 13.7. The maximum Gasteiger partial charge on any atom is 0.492 e. The number of alkyl carbamates (subject to hydrolysis) is 1. The lowest BCUT2D eigenvalue weighted by atomic mass is 9.77. The summed E-state index contributed by atoms with van der Waals surface area (Å²) >= 11 is 0. The quantitative estimate of drug-likeness (QED) is 0.726. The molecule has 29 heavy (non-hydrogen) atoms. The van der Waals surface area contributed by atoms with Gasteiger partial charge in [-0.15, -0.1) is 0 Å². The monoisotopic (exact) mass is 411 g/mol. The lowest BCUT2D eigenvalue weighted by Gasteiger charge is -2.32. The van der Waals surface area contributed by atoms with Gasteiger partial charge in [0, 0.05) is 6.54 Å². The Morgan fingerprint density at radius 2 is 1.66 bits per heavy atom. The minimum atomic E-state index is -1.09. The highest BCUT2D eigenvalue weighted by atomic mass is 19.1. The van der Waals surface area contributed by atoms with Crippen LogP contribution in [0.5, 0.6) is 5.75 Å². The number of phenolic OH excluding ortho intramolecular Hbond substituents is 1. The van der Waals surface area contributed by atoms with Gasteiger partial charge in [0.05, 0.1) is 11.2 Å². The third kappa shape index (κ3) is 5.70. The Morgan fingerprint density at radius 3 is 2.10 bits per heavy atom. The first-order chi connectivity index (χ1) is 13.1. The Kier molecular flexibility index (Phi) is 6.35. The Bertz CT molecular complexity index is 779. The number of carbonyl (C=O) groups excluding carboxylic acids is 1. The van der Waals surface area contributed by atoms with Crippen molar-refractivity contribution in [2.45, 2.75) is 65.3 Å². The first kappa shape index (κ1) is 23.2. The Hall–Kier alpha value is -2.13. The summed E-state index contributed by atoms with van der Waals surface area (Å²) in [5, 5.41) is 11.9. The van der Waals surface area contributed by atoms with E-state index in [-0.39, 0.29) is 12.1 Å². The molecule has 6 nitrogen and oxygen atoms in total. The second kappa shape index (κ2) is 7.95. The zero-order valence-electron chi connectivity index (χ0n) is 17.9. The molecule has 1 amide bonds. The van der Waals surface area contributed by atoms with Gasteiger partial charge in [-0.3, -0.25) is 0 Å². The predicted octanol–water partition coefficient (Wildman–Crippen LogP) is 4.21. The van der Waals surface area contributed by atoms with E-state index in [4.69, 9.17) is 14.0 Å². The molecule has 0 unspecified atom stereocenters. The third-order valence-corrected chi connectivity index (χ3v) is 4.78. The number of nitrogens with one attached hydrogen (secondary N) is 1. The van der Waals surface area contributed by atoms with E-state index in [1.54, 1.807) is 20.8 Å². The highest BCUT2D eigenvalue weighted by Gasteiger charge is 2.52. The van der Waals surface area contributed by atoms with Gasteiger partial charge in [-0.05, 0) is 71.6 Å². The van der Waals surface area contributed by atoms with Gasteiger partial charge in [0.2, 0.25) is 0 Å². The van der Waals surface area contributed by atoms with Crippen LogP contribution < -0.4 is 5.32 Å². The molecular formula is C20H28BF2NO5. The van der Waals surface area contributed by atoms with E-state index in [1.165, 1.54) is 6.08 Å². The first-order valence-corrected chi connectivity index (χ1v) is 9.32. The highest BCUT2D eigenvalue weighted by molar-refractivity contribution is 6.56. The molecule has 1 aromatic carbocycles. The van der Waals surface area contributed by atoms with Crippen molar-refractivity contribution < 1.29 is 32.7 Å². The Morgan fingerprint density at radius 1 is 1.17 bits per heavy atom. The van der Waals surface area contributed by atoms with E-state index in [1.807, 2.05) is 27.7 Å². The molecular weight excluding hydrogens is 383 g/mol. The number of rotatable bonds is 4. The number of carbonyl (C=O) groups is 1. The Balaban J connectivity index is 2.32. The minimum absolute atomic E-state index is 0.0319. The van der Waals surface area contributed by atoms with E-state index < -0.39 is 47.4 Å². The molecule has 0 atom stereocenters. The molecule has 1 saturated heterocycles. The number of aromatic hydroxyl groups is 1. The molecule has 1 heterocycles. The number of hydrogen-bond acceptors (Lipinski definition) is 5. The van der Waals surface area contributed by atoms with Crippen LogP contribution in [-0.4, -0.2) is 41.7 Å². The van der Waals surface area contributed by atoms with E-state index in [9.17, 15) is 18.7 Å². The molecule has 2 rings (SSSR count). The first-order valence-electron chi connectivity index (χ1n) is 9.32. The molecule has 0 bridgehead atoms. The number of benzene rings is 1. The normalized spacial score (nSPS) is 18.7. The van der Waals surface area contributed by atoms with Gasteiger partial charge in [0.1, 0.15) is 5.60 Å². The molecule has 1 aromatic rings. The van der Waals surface area contributed by atoms with Crippen LogP contribution in [0.4, 0.5) is 13.6 Å². The fourth-order valence-electron chi connectivity index (χ4n) is 2.57. The molecule has 9 heteroatoms. The smallest absolute Gasteiger partial charge is 0.492 e. The lowest BCUT2D eigenvalue weighted by Crippen LogP contribution is -2.41. The van der Waals surface area contributed by atoms with Gasteiger partial charge in [-0.25, -0.2) is 13.6 Å². The summed E-state index contributed by atoms with van der Waals surface area (Å²) in [4.78, 5) is 12.0. The number of ether oxygens (including phenoxy) is 1. The Labute approximate surface area is 170 Å². The summed E-state index contributed by atoms with van der Waals surface area (Å²) in [6.07, 6.45) is 0.800. The van der Waals surface area contributed by atoms with E-state index >= 15 is 0 Å². The third-order valence-electron chi connectivity index (χ3n) is 4.78. The number of amides is 1. The second-order valence-corrected chi connectivity index (χ2v) is 9.00. The van der Waals surface area contributed by atoms with E-state index in [2.05, 4.69) is 5.32 Å². The molecule has 1 aliphatic rings. The summed E-state index contributed by atoms with van der Waals surface area (Å²) < 4.78 is 44.7. The van der Waals surface area contributed by atoms with Gasteiger partial charge < -0.3 is 24.5 Å². The molecule has 2 N–H and O–H groups in total. The van der Waals surface area contributed by atoms with Crippen LogP contribution in [0.25, 0.3) is 6.08 Å². The number of phenols is 1. The molecule has 1 aliphatic heterocycles. The highest BCUT2D eigenvalue weighted by Crippen LogP contribution is 2.39. The second-order valence-electron chi connectivity index (χ2n) is 9.00. The molecule has 0 saturated carbocycles. The van der Waals surface area contributed by atoms with E-state index in [0.717, 1.165) is 12.1 Å². The van der Waals surface area contributed by atoms with Crippen molar-refractivity contribution in [1.82, 2.24) is 5.32 Å². The standard InChI is InChI=1S/C20H28BF2NO5/c1-18(2,3)27-17(26)24-11-13(21-28-19(4,5)20(6,7)29-21)8-12-9-14(22)16(25)15(23)10-12/h8-10,25H,11H2,1-7H3,(H,24,26). The summed E-state index contributed by atoms with van der Waals surface area (Å²) in [5.41, 5.74) is -1.39. The lowest BCUT2D eigenvalue weighted by molar-refractivity contribution is 0.00578. The zero-order valence-corrected chi connectivity index (χ0v) is 17.9. The number of hydrogen-bond donors (Lipinski definition) is 2. The largest absolute Gasteiger partial charge is 0.503 e. The van der Waals surface area contributed by atoms with Crippen LogP contribution in [-0.2, 0) is 14.0 Å². The van der Waals surface area contributed by atoms with Crippen LogP contribution in [0.2, 0.25) is 0 Å². The van der Waals surface area contributed by atoms with Gasteiger partial charge in [0.25, 0.3) is 0 Å². The zero-order chi connectivity index (χ0) is 22.2. The van der Waals surface area contributed by atoms with Crippen LogP contribution in [0, 0.1) is 11.6 Å². The van der Waals surface area contributed by atoms with Gasteiger partial charge in [-0.2, -0.15) is 0 Å². The van der Waals surface area contributed by atoms with Crippen molar-refractivity contribution in [1.29, 1.82) is 0 Å². The molecule has 0 aliphatic carbocycles. The summed E-state index contributed by atoms with van der Waals surface area (Å²) in [6.45, 7) is 12.6. The van der Waals surface area contributed by atoms with Crippen molar-refractivity contribution in [2.24, 2.45) is 0 Å². The topological polar surface area (TPSA) is 77.0 Å². The van der Waals surface area contributed by atoms with Crippen LogP contribution in [0.3, 0.4) is 0 Å². The van der Waals surface area contributed by atoms with Crippen LogP contribution in [0.15, 0.2) is 17.6 Å². The van der Waals surface area contributed by atoms with Gasteiger partial charge in [-0.1, -0.05) is 6.08 Å². The average Bonchev–Trinajstić information content (AvgIpc) is 2.75. The average molecular weight is 411 g/mol. The maximum absolute atomic E-state index is 13.7. The molecule has 0 aromatic heterocycles. The van der Waals surface area contributed by atoms with Gasteiger partial charge >= 0.3 is 13.2 Å². The van der Waals surface area contributed by atoms with Crippen molar-refractivity contribution in [3.63, 3.8) is 0 Å². The van der Waals surface area contributed by atoms with E-state index in [0.29, 0.717) is 5.47 Å². The summed E-state index contributed by atoms with van der Waals surface area (Å²) in [6, 6.07) is 1.97. The molecule has 0 spiro atoms. The molecule has 0 radical (unpaired) electrons. The van der Waals surface area contributed by atoms with Crippen molar-refractivity contribution >= 4 is 19.3 Å². The number of halogens is 2. The van der Waals surface area contributed by atoms with Crippen molar-refractivity contribution in [3.05, 3.63) is 34.8 Å². The SMILES string of the molecule is CC(C)(C)OC(=O)NCC(=Cc1cc(F)c(O)c(F)c1)B1OC(C)(C)C(C)(C)O1. The minimum Gasteiger partial charge on any atom is -0.503 e. The molecule has 1 fully saturated rings. The fraction of sp³-hybridized carbons (Fsp3) is 0.550. The summed E-state index contributed by atoms with van der Waals surface area (Å²) in [7, 11) is -0.852. The summed E-state index contributed by atoms with van der Waals surface area (Å²) in [5.74, 6) is -3.24.